The van der Waals surface area contributed by atoms with E-state index in [9.17, 15) is 0 Å². The number of aryl methyl sites for hydroxylation is 1. The van der Waals surface area contributed by atoms with Gasteiger partial charge in [-0.15, -0.1) is 0 Å². The molecule has 0 aliphatic heterocycles. The minimum Gasteiger partial charge on any atom is -0.388 e. The van der Waals surface area contributed by atoms with Crippen molar-refractivity contribution in [2.45, 2.75) is 20.8 Å². The smallest absolute Gasteiger partial charge is 0.0413 e. The maximum atomic E-state index is 3.24. The van der Waals surface area contributed by atoms with Crippen molar-refractivity contribution >= 4 is 5.70 Å². The number of nitrogens with one attached hydrogen (secondary N) is 1. The van der Waals surface area contributed by atoms with Gasteiger partial charge in [0.2, 0.25) is 0 Å². The summed E-state index contributed by atoms with van der Waals surface area (Å²) >= 11 is 0. The van der Waals surface area contributed by atoms with E-state index in [0.717, 1.165) is 5.70 Å². The van der Waals surface area contributed by atoms with Gasteiger partial charge in [-0.1, -0.05) is 50.3 Å². The summed E-state index contributed by atoms with van der Waals surface area (Å²) in [6, 6.07) is 8.41. The van der Waals surface area contributed by atoms with Crippen LogP contribution in [0.4, 0.5) is 0 Å². The quantitative estimate of drug-likeness (QED) is 0.754. The maximum absolute atomic E-state index is 3.24. The minimum absolute atomic E-state index is 0.589. The van der Waals surface area contributed by atoms with Crippen molar-refractivity contribution in [2.75, 3.05) is 7.05 Å². The van der Waals surface area contributed by atoms with Crippen LogP contribution in [0.25, 0.3) is 5.70 Å². The van der Waals surface area contributed by atoms with Gasteiger partial charge in [0.25, 0.3) is 0 Å². The Hall–Kier alpha value is -1.50. The maximum Gasteiger partial charge on any atom is 0.0413 e. The second kappa shape index (κ2) is 6.16. The first-order valence-corrected chi connectivity index (χ1v) is 5.77. The summed E-state index contributed by atoms with van der Waals surface area (Å²) in [5.74, 6) is 0.589. The van der Waals surface area contributed by atoms with Crippen molar-refractivity contribution in [3.8, 4) is 0 Å². The van der Waals surface area contributed by atoms with Gasteiger partial charge in [-0.25, -0.2) is 0 Å². The van der Waals surface area contributed by atoms with Crippen LogP contribution in [0, 0.1) is 12.8 Å². The average Bonchev–Trinajstić information content (AvgIpc) is 2.25. The number of hydrogen-bond donors (Lipinski definition) is 1. The number of benzene rings is 1. The fourth-order valence-electron chi connectivity index (χ4n) is 1.56. The van der Waals surface area contributed by atoms with Gasteiger partial charge in [-0.2, -0.15) is 0 Å². The van der Waals surface area contributed by atoms with E-state index < -0.39 is 0 Å². The van der Waals surface area contributed by atoms with Crippen molar-refractivity contribution in [1.82, 2.24) is 5.32 Å². The zero-order valence-corrected chi connectivity index (χ0v) is 10.6. The molecule has 0 fully saturated rings. The Labute approximate surface area is 98.9 Å². The standard InChI is InChI=1S/C15H21N/c1-12(2)8-7-11-15(16-4)14-10-6-5-9-13(14)3/h5-12,16H,1-4H3/b8-7-,15-11-. The summed E-state index contributed by atoms with van der Waals surface area (Å²) in [4.78, 5) is 0. The number of rotatable bonds is 4. The van der Waals surface area contributed by atoms with E-state index in [0.29, 0.717) is 5.92 Å². The van der Waals surface area contributed by atoms with Gasteiger partial charge in [-0.3, -0.25) is 0 Å². The van der Waals surface area contributed by atoms with Crippen LogP contribution in [0.15, 0.2) is 42.5 Å². The molecule has 1 aromatic carbocycles. The molecule has 0 heterocycles. The molecule has 0 aliphatic rings. The molecular formula is C15H21N. The van der Waals surface area contributed by atoms with Crippen molar-refractivity contribution in [3.63, 3.8) is 0 Å². The van der Waals surface area contributed by atoms with Gasteiger partial charge in [0.05, 0.1) is 0 Å². The third-order valence-electron chi connectivity index (χ3n) is 2.46. The van der Waals surface area contributed by atoms with Crippen LogP contribution in [0.5, 0.6) is 0 Å². The predicted octanol–water partition coefficient (Wildman–Crippen LogP) is 3.77. The topological polar surface area (TPSA) is 12.0 Å². The van der Waals surface area contributed by atoms with Gasteiger partial charge in [0, 0.05) is 18.3 Å². The molecular weight excluding hydrogens is 194 g/mol. The zero-order valence-electron chi connectivity index (χ0n) is 10.6. The molecule has 0 spiro atoms. The zero-order chi connectivity index (χ0) is 12.0. The molecule has 16 heavy (non-hydrogen) atoms. The molecule has 86 valence electrons. The molecule has 1 heteroatoms. The molecule has 1 nitrogen and oxygen atoms in total. The second-order valence-electron chi connectivity index (χ2n) is 4.27. The summed E-state index contributed by atoms with van der Waals surface area (Å²) in [5, 5.41) is 3.24. The van der Waals surface area contributed by atoms with Crippen LogP contribution in [-0.2, 0) is 0 Å². The highest BCUT2D eigenvalue weighted by Gasteiger charge is 2.00. The Balaban J connectivity index is 2.95. The number of hydrogen-bond acceptors (Lipinski definition) is 1. The molecule has 0 amide bonds. The van der Waals surface area contributed by atoms with Gasteiger partial charge in [0.15, 0.2) is 0 Å². The molecule has 0 unspecified atom stereocenters. The van der Waals surface area contributed by atoms with Crippen LogP contribution >= 0.6 is 0 Å². The van der Waals surface area contributed by atoms with Crippen LogP contribution in [0.1, 0.15) is 25.0 Å². The molecule has 0 radical (unpaired) electrons. The van der Waals surface area contributed by atoms with Gasteiger partial charge in [0.1, 0.15) is 0 Å². The third-order valence-corrected chi connectivity index (χ3v) is 2.46. The largest absolute Gasteiger partial charge is 0.388 e. The number of allylic oxidation sites excluding steroid dienone is 3. The van der Waals surface area contributed by atoms with Crippen molar-refractivity contribution in [3.05, 3.63) is 53.6 Å². The SMILES string of the molecule is CN/C(=C\C=C/C(C)C)c1ccccc1C. The predicted molar refractivity (Wildman–Crippen MR) is 72.2 cm³/mol. The molecule has 0 atom stereocenters. The summed E-state index contributed by atoms with van der Waals surface area (Å²) < 4.78 is 0. The van der Waals surface area contributed by atoms with E-state index in [1.165, 1.54) is 11.1 Å². The van der Waals surface area contributed by atoms with E-state index in [1.807, 2.05) is 7.05 Å². The molecule has 1 rings (SSSR count). The average molecular weight is 215 g/mol. The molecule has 1 N–H and O–H groups in total. The van der Waals surface area contributed by atoms with E-state index in [4.69, 9.17) is 0 Å². The lowest BCUT2D eigenvalue weighted by atomic mass is 10.1. The highest BCUT2D eigenvalue weighted by Crippen LogP contribution is 2.15. The summed E-state index contributed by atoms with van der Waals surface area (Å²) in [6.45, 7) is 6.49. The Morgan fingerprint density at radius 3 is 2.50 bits per heavy atom. The van der Waals surface area contributed by atoms with Crippen LogP contribution in [0.3, 0.4) is 0 Å². The monoisotopic (exact) mass is 215 g/mol. The molecule has 0 saturated carbocycles. The highest BCUT2D eigenvalue weighted by molar-refractivity contribution is 5.67. The Morgan fingerprint density at radius 1 is 1.25 bits per heavy atom. The van der Waals surface area contributed by atoms with Crippen LogP contribution in [0.2, 0.25) is 0 Å². The Bertz CT molecular complexity index is 386. The van der Waals surface area contributed by atoms with E-state index >= 15 is 0 Å². The van der Waals surface area contributed by atoms with Crippen LogP contribution < -0.4 is 5.32 Å². The molecule has 0 bridgehead atoms. The first kappa shape index (κ1) is 12.6. The third kappa shape index (κ3) is 3.58. The highest BCUT2D eigenvalue weighted by atomic mass is 14.8. The van der Waals surface area contributed by atoms with Gasteiger partial charge >= 0.3 is 0 Å². The lowest BCUT2D eigenvalue weighted by molar-refractivity contribution is 0.832. The summed E-state index contributed by atoms with van der Waals surface area (Å²) in [6.07, 6.45) is 6.43. The van der Waals surface area contributed by atoms with Crippen molar-refractivity contribution in [1.29, 1.82) is 0 Å². The fraction of sp³-hybridized carbons (Fsp3) is 0.333. The lowest BCUT2D eigenvalue weighted by Crippen LogP contribution is -2.05. The van der Waals surface area contributed by atoms with Crippen LogP contribution in [-0.4, -0.2) is 7.05 Å². The normalized spacial score (nSPS) is 12.4. The van der Waals surface area contributed by atoms with Gasteiger partial charge in [-0.05, 0) is 24.5 Å². The van der Waals surface area contributed by atoms with E-state index in [1.54, 1.807) is 0 Å². The van der Waals surface area contributed by atoms with Crippen molar-refractivity contribution < 1.29 is 0 Å². The first-order chi connectivity index (χ1) is 7.65. The first-order valence-electron chi connectivity index (χ1n) is 5.77. The minimum atomic E-state index is 0.589. The van der Waals surface area contributed by atoms with Gasteiger partial charge < -0.3 is 5.32 Å². The second-order valence-corrected chi connectivity index (χ2v) is 4.27. The summed E-state index contributed by atoms with van der Waals surface area (Å²) in [7, 11) is 1.96. The summed E-state index contributed by atoms with van der Waals surface area (Å²) in [5.41, 5.74) is 3.72. The Kier molecular flexibility index (Phi) is 4.84. The fourth-order valence-corrected chi connectivity index (χ4v) is 1.56. The molecule has 0 saturated heterocycles. The molecule has 0 aromatic heterocycles. The molecule has 0 aliphatic carbocycles. The Morgan fingerprint density at radius 2 is 1.94 bits per heavy atom. The molecule has 1 aromatic rings. The van der Waals surface area contributed by atoms with E-state index in [2.05, 4.69) is 68.6 Å². The van der Waals surface area contributed by atoms with E-state index in [-0.39, 0.29) is 0 Å². The van der Waals surface area contributed by atoms with Crippen molar-refractivity contribution in [2.24, 2.45) is 5.92 Å². The lowest BCUT2D eigenvalue weighted by Gasteiger charge is -2.09.